The highest BCUT2D eigenvalue weighted by Gasteiger charge is 2.04. The first-order chi connectivity index (χ1) is 11.5. The Labute approximate surface area is 157 Å². The molecule has 5 heteroatoms. The predicted octanol–water partition coefficient (Wildman–Crippen LogP) is 5.28. The van der Waals surface area contributed by atoms with Crippen LogP contribution in [0.15, 0.2) is 42.5 Å². The van der Waals surface area contributed by atoms with E-state index in [9.17, 15) is 4.79 Å². The molecule has 0 radical (unpaired) electrons. The summed E-state index contributed by atoms with van der Waals surface area (Å²) < 4.78 is 0. The highest BCUT2D eigenvalue weighted by Crippen LogP contribution is 2.24. The first-order valence-corrected chi connectivity index (χ1v) is 9.79. The number of thioether (sulfide) groups is 1. The molecule has 0 aliphatic rings. The summed E-state index contributed by atoms with van der Waals surface area (Å²) in [6.07, 6.45) is 1.94. The van der Waals surface area contributed by atoms with Gasteiger partial charge >= 0.3 is 0 Å². The Bertz CT molecular complexity index is 691. The Morgan fingerprint density at radius 1 is 1.08 bits per heavy atom. The molecule has 0 heterocycles. The number of aryl methyl sites for hydroxylation is 2. The van der Waals surface area contributed by atoms with E-state index >= 15 is 0 Å². The zero-order chi connectivity index (χ0) is 17.4. The molecular formula is C19H21Cl2NOS. The Hall–Kier alpha value is -1.16. The van der Waals surface area contributed by atoms with E-state index in [1.54, 1.807) is 17.8 Å². The molecule has 2 rings (SSSR count). The second kappa shape index (κ2) is 9.97. The summed E-state index contributed by atoms with van der Waals surface area (Å²) in [6, 6.07) is 14.0. The van der Waals surface area contributed by atoms with Crippen molar-refractivity contribution in [3.05, 3.63) is 69.2 Å². The fourth-order valence-corrected chi connectivity index (χ4v) is 3.46. The molecule has 128 valence electrons. The van der Waals surface area contributed by atoms with E-state index in [0.29, 0.717) is 22.3 Å². The Balaban J connectivity index is 1.60. The fourth-order valence-electron chi connectivity index (χ4n) is 2.33. The summed E-state index contributed by atoms with van der Waals surface area (Å²) in [5.41, 5.74) is 3.66. The fraction of sp³-hybridized carbons (Fsp3) is 0.316. The second-order valence-electron chi connectivity index (χ2n) is 5.68. The minimum absolute atomic E-state index is 0.0734. The van der Waals surface area contributed by atoms with E-state index < -0.39 is 0 Å². The van der Waals surface area contributed by atoms with Gasteiger partial charge in [0.2, 0.25) is 5.91 Å². The molecule has 1 N–H and O–H groups in total. The maximum Gasteiger partial charge on any atom is 0.230 e. The monoisotopic (exact) mass is 381 g/mol. The van der Waals surface area contributed by atoms with Crippen molar-refractivity contribution < 1.29 is 4.79 Å². The molecule has 0 saturated heterocycles. The molecule has 0 aromatic heterocycles. The molecule has 24 heavy (non-hydrogen) atoms. The van der Waals surface area contributed by atoms with Crippen LogP contribution in [0.2, 0.25) is 10.0 Å². The van der Waals surface area contributed by atoms with E-state index in [-0.39, 0.29) is 5.91 Å². The number of carbonyl (C=O) groups is 1. The van der Waals surface area contributed by atoms with Crippen molar-refractivity contribution in [3.8, 4) is 0 Å². The normalized spacial score (nSPS) is 10.6. The molecule has 0 aliphatic carbocycles. The van der Waals surface area contributed by atoms with Crippen molar-refractivity contribution in [1.82, 2.24) is 5.32 Å². The Morgan fingerprint density at radius 2 is 1.92 bits per heavy atom. The lowest BCUT2D eigenvalue weighted by Gasteiger charge is -2.06. The molecule has 2 nitrogen and oxygen atoms in total. The first-order valence-electron chi connectivity index (χ1n) is 7.88. The first kappa shape index (κ1) is 19.2. The zero-order valence-corrected chi connectivity index (χ0v) is 16.0. The van der Waals surface area contributed by atoms with Gasteiger partial charge in [-0.3, -0.25) is 4.79 Å². The van der Waals surface area contributed by atoms with Crippen molar-refractivity contribution in [3.63, 3.8) is 0 Å². The van der Waals surface area contributed by atoms with Gasteiger partial charge in [0.25, 0.3) is 0 Å². The van der Waals surface area contributed by atoms with Gasteiger partial charge in [-0.15, -0.1) is 11.8 Å². The second-order valence-corrected chi connectivity index (χ2v) is 7.48. The van der Waals surface area contributed by atoms with E-state index in [4.69, 9.17) is 23.2 Å². The van der Waals surface area contributed by atoms with Gasteiger partial charge < -0.3 is 5.32 Å². The maximum absolute atomic E-state index is 11.8. The largest absolute Gasteiger partial charge is 0.355 e. The van der Waals surface area contributed by atoms with Gasteiger partial charge in [-0.1, -0.05) is 59.1 Å². The lowest BCUT2D eigenvalue weighted by molar-refractivity contribution is -0.118. The third kappa shape index (κ3) is 6.76. The molecule has 0 fully saturated rings. The third-order valence-corrected chi connectivity index (χ3v) is 5.28. The third-order valence-electron chi connectivity index (χ3n) is 3.53. The van der Waals surface area contributed by atoms with Gasteiger partial charge in [-0.25, -0.2) is 0 Å². The molecule has 2 aromatic rings. The predicted molar refractivity (Wildman–Crippen MR) is 105 cm³/mol. The number of hydrogen-bond acceptors (Lipinski definition) is 2. The average molecular weight is 382 g/mol. The SMILES string of the molecule is Cc1cccc(CCCNC(=O)CSCc2ccc(Cl)c(Cl)c2)c1. The van der Waals surface area contributed by atoms with Crippen LogP contribution in [0.1, 0.15) is 23.1 Å². The molecule has 1 amide bonds. The standard InChI is InChI=1S/C19H21Cl2NOS/c1-14-4-2-5-15(10-14)6-3-9-22-19(23)13-24-12-16-7-8-17(20)18(21)11-16/h2,4-5,7-8,10-11H,3,6,9,12-13H2,1H3,(H,22,23). The Kier molecular flexibility index (Phi) is 7.97. The Morgan fingerprint density at radius 3 is 2.67 bits per heavy atom. The number of rotatable bonds is 8. The number of hydrogen-bond donors (Lipinski definition) is 1. The lowest BCUT2D eigenvalue weighted by Crippen LogP contribution is -2.26. The minimum Gasteiger partial charge on any atom is -0.355 e. The van der Waals surface area contributed by atoms with Crippen LogP contribution in [-0.4, -0.2) is 18.2 Å². The van der Waals surface area contributed by atoms with Crippen molar-refractivity contribution in [2.45, 2.75) is 25.5 Å². The van der Waals surface area contributed by atoms with Crippen molar-refractivity contribution >= 4 is 40.9 Å². The van der Waals surface area contributed by atoms with Gasteiger partial charge in [0.05, 0.1) is 15.8 Å². The van der Waals surface area contributed by atoms with E-state index in [2.05, 4.69) is 36.5 Å². The van der Waals surface area contributed by atoms with Crippen LogP contribution in [0.3, 0.4) is 0 Å². The summed E-state index contributed by atoms with van der Waals surface area (Å²) in [5.74, 6) is 1.27. The van der Waals surface area contributed by atoms with Crippen LogP contribution >= 0.6 is 35.0 Å². The molecule has 0 saturated carbocycles. The highest BCUT2D eigenvalue weighted by atomic mass is 35.5. The minimum atomic E-state index is 0.0734. The number of halogens is 2. The summed E-state index contributed by atoms with van der Waals surface area (Å²) in [7, 11) is 0. The molecule has 0 unspecified atom stereocenters. The van der Waals surface area contributed by atoms with Crippen LogP contribution in [0.4, 0.5) is 0 Å². The number of amides is 1. The number of nitrogens with one attached hydrogen (secondary N) is 1. The van der Waals surface area contributed by atoms with Crippen molar-refractivity contribution in [2.24, 2.45) is 0 Å². The number of carbonyl (C=O) groups excluding carboxylic acids is 1. The summed E-state index contributed by atoms with van der Waals surface area (Å²) >= 11 is 13.4. The molecule has 0 atom stereocenters. The molecule has 0 bridgehead atoms. The maximum atomic E-state index is 11.8. The zero-order valence-electron chi connectivity index (χ0n) is 13.6. The van der Waals surface area contributed by atoms with E-state index in [1.807, 2.05) is 12.1 Å². The quantitative estimate of drug-likeness (QED) is 0.629. The topological polar surface area (TPSA) is 29.1 Å². The van der Waals surface area contributed by atoms with E-state index in [1.165, 1.54) is 11.1 Å². The summed E-state index contributed by atoms with van der Waals surface area (Å²) in [4.78, 5) is 11.8. The van der Waals surface area contributed by atoms with Gasteiger partial charge in [0.1, 0.15) is 0 Å². The van der Waals surface area contributed by atoms with Crippen LogP contribution in [-0.2, 0) is 17.0 Å². The van der Waals surface area contributed by atoms with Gasteiger partial charge in [-0.05, 0) is 43.0 Å². The van der Waals surface area contributed by atoms with Gasteiger partial charge in [0.15, 0.2) is 0 Å². The van der Waals surface area contributed by atoms with Gasteiger partial charge in [-0.2, -0.15) is 0 Å². The average Bonchev–Trinajstić information content (AvgIpc) is 2.55. The van der Waals surface area contributed by atoms with Crippen molar-refractivity contribution in [2.75, 3.05) is 12.3 Å². The molecule has 0 aliphatic heterocycles. The summed E-state index contributed by atoms with van der Waals surface area (Å²) in [6.45, 7) is 2.80. The van der Waals surface area contributed by atoms with E-state index in [0.717, 1.165) is 24.2 Å². The molecule has 0 spiro atoms. The smallest absolute Gasteiger partial charge is 0.230 e. The van der Waals surface area contributed by atoms with Crippen molar-refractivity contribution in [1.29, 1.82) is 0 Å². The van der Waals surface area contributed by atoms with Gasteiger partial charge in [0, 0.05) is 12.3 Å². The van der Waals surface area contributed by atoms with Crippen LogP contribution in [0, 0.1) is 6.92 Å². The summed E-state index contributed by atoms with van der Waals surface area (Å²) in [5, 5.41) is 4.07. The van der Waals surface area contributed by atoms with Crippen LogP contribution in [0.25, 0.3) is 0 Å². The van der Waals surface area contributed by atoms with Crippen LogP contribution in [0.5, 0.6) is 0 Å². The number of benzene rings is 2. The molecule has 2 aromatic carbocycles. The highest BCUT2D eigenvalue weighted by molar-refractivity contribution is 7.99. The van der Waals surface area contributed by atoms with Crippen LogP contribution < -0.4 is 5.32 Å². The lowest BCUT2D eigenvalue weighted by atomic mass is 10.1. The molecular weight excluding hydrogens is 361 g/mol.